The molecule has 5 heteroatoms. The van der Waals surface area contributed by atoms with Crippen LogP contribution in [0.4, 0.5) is 0 Å². The average molecular weight is 304 g/mol. The molecule has 1 saturated carbocycles. The lowest BCUT2D eigenvalue weighted by atomic mass is 9.75. The van der Waals surface area contributed by atoms with Gasteiger partial charge >= 0.3 is 0 Å². The number of hydrogen-bond acceptors (Lipinski definition) is 4. The molecule has 1 amide bonds. The second-order valence-corrected chi connectivity index (χ2v) is 6.74. The van der Waals surface area contributed by atoms with E-state index in [0.29, 0.717) is 24.6 Å². The van der Waals surface area contributed by atoms with Crippen molar-refractivity contribution in [3.05, 3.63) is 29.6 Å². The normalized spacial score (nSPS) is 25.2. The zero-order valence-corrected chi connectivity index (χ0v) is 13.9. The van der Waals surface area contributed by atoms with E-state index >= 15 is 0 Å². The molecule has 0 aromatic carbocycles. The van der Waals surface area contributed by atoms with E-state index in [1.54, 1.807) is 18.3 Å². The van der Waals surface area contributed by atoms with Crippen molar-refractivity contribution in [3.63, 3.8) is 0 Å². The summed E-state index contributed by atoms with van der Waals surface area (Å²) in [5, 5.41) is 3.11. The molecule has 1 heterocycles. The Labute approximate surface area is 133 Å². The first-order chi connectivity index (χ1) is 10.5. The van der Waals surface area contributed by atoms with E-state index in [0.717, 1.165) is 18.5 Å². The van der Waals surface area contributed by atoms with E-state index in [1.807, 2.05) is 0 Å². The Hall–Kier alpha value is -1.46. The summed E-state index contributed by atoms with van der Waals surface area (Å²) in [7, 11) is 4.23. The summed E-state index contributed by atoms with van der Waals surface area (Å²) in [5.74, 6) is 0.661. The topological polar surface area (TPSA) is 71.2 Å². The Morgan fingerprint density at radius 3 is 2.95 bits per heavy atom. The molecule has 1 aliphatic carbocycles. The molecule has 0 saturated heterocycles. The fourth-order valence-electron chi connectivity index (χ4n) is 3.44. The maximum atomic E-state index is 12.4. The molecule has 2 rings (SSSR count). The SMILES string of the molecule is CC1CCCC(CNC(=O)c2ccnc(CN)c2)(N(C)C)C1. The number of amides is 1. The lowest BCUT2D eigenvalue weighted by molar-refractivity contribution is 0.0675. The first-order valence-corrected chi connectivity index (χ1v) is 8.07. The summed E-state index contributed by atoms with van der Waals surface area (Å²) in [4.78, 5) is 18.8. The minimum atomic E-state index is -0.0449. The van der Waals surface area contributed by atoms with Crippen LogP contribution in [0.2, 0.25) is 0 Å². The number of carbonyl (C=O) groups is 1. The van der Waals surface area contributed by atoms with Crippen molar-refractivity contribution in [2.45, 2.75) is 44.7 Å². The molecule has 122 valence electrons. The number of aromatic nitrogens is 1. The van der Waals surface area contributed by atoms with E-state index in [4.69, 9.17) is 5.73 Å². The minimum absolute atomic E-state index is 0.0449. The van der Waals surface area contributed by atoms with Gasteiger partial charge in [0, 0.05) is 30.4 Å². The highest BCUT2D eigenvalue weighted by molar-refractivity contribution is 5.94. The van der Waals surface area contributed by atoms with Crippen LogP contribution in [-0.2, 0) is 6.54 Å². The largest absolute Gasteiger partial charge is 0.350 e. The maximum Gasteiger partial charge on any atom is 0.251 e. The Balaban J connectivity index is 2.04. The number of carbonyl (C=O) groups excluding carboxylic acids is 1. The van der Waals surface area contributed by atoms with Crippen LogP contribution in [0.5, 0.6) is 0 Å². The van der Waals surface area contributed by atoms with Gasteiger partial charge in [0.2, 0.25) is 0 Å². The van der Waals surface area contributed by atoms with Crippen LogP contribution in [0.3, 0.4) is 0 Å². The summed E-state index contributed by atoms with van der Waals surface area (Å²) in [6, 6.07) is 3.50. The fraction of sp³-hybridized carbons (Fsp3) is 0.647. The van der Waals surface area contributed by atoms with Crippen molar-refractivity contribution in [3.8, 4) is 0 Å². The molecule has 0 bridgehead atoms. The van der Waals surface area contributed by atoms with Crippen LogP contribution in [0.1, 0.15) is 48.7 Å². The van der Waals surface area contributed by atoms with E-state index in [9.17, 15) is 4.79 Å². The predicted molar refractivity (Wildman–Crippen MR) is 88.5 cm³/mol. The quantitative estimate of drug-likeness (QED) is 0.870. The molecule has 1 aliphatic rings. The number of nitrogens with zero attached hydrogens (tertiary/aromatic N) is 2. The minimum Gasteiger partial charge on any atom is -0.350 e. The smallest absolute Gasteiger partial charge is 0.251 e. The van der Waals surface area contributed by atoms with Gasteiger partial charge in [0.05, 0.1) is 5.69 Å². The summed E-state index contributed by atoms with van der Waals surface area (Å²) < 4.78 is 0. The van der Waals surface area contributed by atoms with Crippen molar-refractivity contribution in [2.75, 3.05) is 20.6 Å². The van der Waals surface area contributed by atoms with Gasteiger partial charge in [-0.15, -0.1) is 0 Å². The first kappa shape index (κ1) is 16.9. The Morgan fingerprint density at radius 1 is 1.55 bits per heavy atom. The van der Waals surface area contributed by atoms with Gasteiger partial charge in [-0.25, -0.2) is 0 Å². The number of rotatable bonds is 5. The summed E-state index contributed by atoms with van der Waals surface area (Å²) in [6.45, 7) is 3.33. The summed E-state index contributed by atoms with van der Waals surface area (Å²) in [5.41, 5.74) is 7.02. The van der Waals surface area contributed by atoms with Crippen LogP contribution >= 0.6 is 0 Å². The fourth-order valence-corrected chi connectivity index (χ4v) is 3.44. The lowest BCUT2D eigenvalue weighted by Crippen LogP contribution is -2.55. The standard InChI is InChI=1S/C17H28N4O/c1-13-5-4-7-17(10-13,21(2)3)12-20-16(22)14-6-8-19-15(9-14)11-18/h6,8-9,13H,4-5,7,10-12,18H2,1-3H3,(H,20,22). The van der Waals surface area contributed by atoms with Gasteiger partial charge in [-0.05, 0) is 45.0 Å². The molecular formula is C17H28N4O. The predicted octanol–water partition coefficient (Wildman–Crippen LogP) is 1.78. The molecule has 0 spiro atoms. The molecule has 2 atom stereocenters. The summed E-state index contributed by atoms with van der Waals surface area (Å²) in [6.07, 6.45) is 6.41. The van der Waals surface area contributed by atoms with Gasteiger partial charge < -0.3 is 16.0 Å². The number of nitrogens with two attached hydrogens (primary N) is 1. The van der Waals surface area contributed by atoms with Crippen molar-refractivity contribution >= 4 is 5.91 Å². The van der Waals surface area contributed by atoms with Gasteiger partial charge in [0.1, 0.15) is 0 Å². The molecular weight excluding hydrogens is 276 g/mol. The number of likely N-dealkylation sites (N-methyl/N-ethyl adjacent to an activating group) is 1. The Kier molecular flexibility index (Phi) is 5.53. The molecule has 22 heavy (non-hydrogen) atoms. The monoisotopic (exact) mass is 304 g/mol. The van der Waals surface area contributed by atoms with Crippen LogP contribution in [-0.4, -0.2) is 42.0 Å². The van der Waals surface area contributed by atoms with Crippen molar-refractivity contribution in [1.29, 1.82) is 0 Å². The van der Waals surface area contributed by atoms with Gasteiger partial charge in [0.25, 0.3) is 5.91 Å². The van der Waals surface area contributed by atoms with Crippen LogP contribution in [0.25, 0.3) is 0 Å². The highest BCUT2D eigenvalue weighted by Gasteiger charge is 2.37. The molecule has 1 aromatic heterocycles. The first-order valence-electron chi connectivity index (χ1n) is 8.07. The Morgan fingerprint density at radius 2 is 2.32 bits per heavy atom. The molecule has 5 nitrogen and oxygen atoms in total. The van der Waals surface area contributed by atoms with E-state index in [2.05, 4.69) is 36.2 Å². The second kappa shape index (κ2) is 7.20. The molecule has 3 N–H and O–H groups in total. The third kappa shape index (κ3) is 3.84. The van der Waals surface area contributed by atoms with E-state index in [-0.39, 0.29) is 11.4 Å². The maximum absolute atomic E-state index is 12.4. The number of nitrogens with one attached hydrogen (secondary N) is 1. The van der Waals surface area contributed by atoms with Crippen molar-refractivity contribution < 1.29 is 4.79 Å². The highest BCUT2D eigenvalue weighted by atomic mass is 16.1. The lowest BCUT2D eigenvalue weighted by Gasteiger charge is -2.45. The van der Waals surface area contributed by atoms with Crippen molar-refractivity contribution in [2.24, 2.45) is 11.7 Å². The van der Waals surface area contributed by atoms with Gasteiger partial charge in [-0.2, -0.15) is 0 Å². The number of pyridine rings is 1. The van der Waals surface area contributed by atoms with Gasteiger partial charge in [-0.3, -0.25) is 9.78 Å². The zero-order chi connectivity index (χ0) is 16.2. The zero-order valence-electron chi connectivity index (χ0n) is 13.9. The molecule has 0 radical (unpaired) electrons. The summed E-state index contributed by atoms with van der Waals surface area (Å²) >= 11 is 0. The molecule has 1 aromatic rings. The van der Waals surface area contributed by atoms with Gasteiger partial charge in [-0.1, -0.05) is 19.8 Å². The highest BCUT2D eigenvalue weighted by Crippen LogP contribution is 2.35. The van der Waals surface area contributed by atoms with Gasteiger partial charge in [0.15, 0.2) is 0 Å². The van der Waals surface area contributed by atoms with E-state index < -0.39 is 0 Å². The molecule has 1 fully saturated rings. The van der Waals surface area contributed by atoms with Crippen molar-refractivity contribution in [1.82, 2.24) is 15.2 Å². The average Bonchev–Trinajstić information content (AvgIpc) is 2.52. The van der Waals surface area contributed by atoms with E-state index in [1.165, 1.54) is 12.8 Å². The van der Waals surface area contributed by atoms with Crippen LogP contribution in [0, 0.1) is 5.92 Å². The Bertz CT molecular complexity index is 517. The van der Waals surface area contributed by atoms with Crippen LogP contribution < -0.4 is 11.1 Å². The third-order valence-electron chi connectivity index (χ3n) is 4.88. The van der Waals surface area contributed by atoms with Crippen LogP contribution in [0.15, 0.2) is 18.3 Å². The third-order valence-corrected chi connectivity index (χ3v) is 4.88. The number of hydrogen-bond donors (Lipinski definition) is 2. The molecule has 0 aliphatic heterocycles. The second-order valence-electron chi connectivity index (χ2n) is 6.74. The molecule has 2 unspecified atom stereocenters.